The third-order valence-corrected chi connectivity index (χ3v) is 3.48. The van der Waals surface area contributed by atoms with Crippen molar-refractivity contribution in [2.24, 2.45) is 0 Å². The lowest BCUT2D eigenvalue weighted by Gasteiger charge is -2.11. The van der Waals surface area contributed by atoms with Crippen LogP contribution in [0.4, 0.5) is 5.82 Å². The van der Waals surface area contributed by atoms with Crippen LogP contribution in [0.2, 0.25) is 0 Å². The second-order valence-electron chi connectivity index (χ2n) is 4.28. The molecule has 2 rings (SSSR count). The lowest BCUT2D eigenvalue weighted by molar-refractivity contribution is 0.577. The van der Waals surface area contributed by atoms with E-state index in [2.05, 4.69) is 4.72 Å². The van der Waals surface area contributed by atoms with Gasteiger partial charge in [0, 0.05) is 18.5 Å². The zero-order chi connectivity index (χ0) is 14.0. The van der Waals surface area contributed by atoms with Gasteiger partial charge in [0.25, 0.3) is 5.56 Å². The fourth-order valence-electron chi connectivity index (χ4n) is 1.89. The van der Waals surface area contributed by atoms with Crippen molar-refractivity contribution in [3.05, 3.63) is 40.7 Å². The first-order valence-corrected chi connectivity index (χ1v) is 7.60. The Labute approximate surface area is 110 Å². The molecule has 0 aliphatic heterocycles. The molecule has 1 aromatic carbocycles. The maximum Gasteiger partial charge on any atom is 0.260 e. The van der Waals surface area contributed by atoms with Crippen LogP contribution < -0.4 is 16.0 Å². The molecule has 0 aliphatic rings. The molecular formula is C12H15N3O3S. The Morgan fingerprint density at radius 2 is 2.00 bits per heavy atom. The van der Waals surface area contributed by atoms with E-state index in [1.165, 1.54) is 4.57 Å². The average molecular weight is 281 g/mol. The van der Waals surface area contributed by atoms with Gasteiger partial charge in [-0.3, -0.25) is 9.36 Å². The third kappa shape index (κ3) is 3.12. The van der Waals surface area contributed by atoms with Crippen LogP contribution in [0.25, 0.3) is 10.8 Å². The Morgan fingerprint density at radius 1 is 1.32 bits per heavy atom. The van der Waals surface area contributed by atoms with Gasteiger partial charge in [-0.1, -0.05) is 18.2 Å². The SMILES string of the molecule is CS(=O)(=O)NCCn1c(N)cc2ccccc2c1=O. The molecule has 0 aliphatic carbocycles. The predicted molar refractivity (Wildman–Crippen MR) is 75.5 cm³/mol. The summed E-state index contributed by atoms with van der Waals surface area (Å²) in [6.45, 7) is 0.323. The smallest absolute Gasteiger partial charge is 0.260 e. The number of hydrogen-bond donors (Lipinski definition) is 2. The number of hydrogen-bond acceptors (Lipinski definition) is 4. The van der Waals surface area contributed by atoms with Gasteiger partial charge in [0.05, 0.1) is 6.26 Å². The van der Waals surface area contributed by atoms with Crippen LogP contribution in [-0.2, 0) is 16.6 Å². The lowest BCUT2D eigenvalue weighted by Crippen LogP contribution is -2.31. The summed E-state index contributed by atoms with van der Waals surface area (Å²) >= 11 is 0. The predicted octanol–water partition coefficient (Wildman–Crippen LogP) is 0.133. The molecule has 0 spiro atoms. The molecule has 1 heterocycles. The van der Waals surface area contributed by atoms with Gasteiger partial charge in [0.1, 0.15) is 5.82 Å². The molecule has 0 amide bonds. The Bertz CT molecular complexity index is 765. The van der Waals surface area contributed by atoms with E-state index in [9.17, 15) is 13.2 Å². The van der Waals surface area contributed by atoms with Gasteiger partial charge >= 0.3 is 0 Å². The Hall–Kier alpha value is -1.86. The zero-order valence-corrected chi connectivity index (χ0v) is 11.3. The molecule has 0 fully saturated rings. The first kappa shape index (κ1) is 13.6. The first-order valence-electron chi connectivity index (χ1n) is 5.71. The molecule has 0 saturated carbocycles. The summed E-state index contributed by atoms with van der Waals surface area (Å²) in [7, 11) is -3.27. The Kier molecular flexibility index (Phi) is 3.59. The van der Waals surface area contributed by atoms with Crippen LogP contribution in [0.3, 0.4) is 0 Å². The number of anilines is 1. The number of nitrogens with one attached hydrogen (secondary N) is 1. The highest BCUT2D eigenvalue weighted by Crippen LogP contribution is 2.12. The van der Waals surface area contributed by atoms with Gasteiger partial charge < -0.3 is 5.73 Å². The number of pyridine rings is 1. The lowest BCUT2D eigenvalue weighted by atomic mass is 10.1. The summed E-state index contributed by atoms with van der Waals surface area (Å²) in [6.07, 6.45) is 1.07. The number of aromatic nitrogens is 1. The van der Waals surface area contributed by atoms with Crippen molar-refractivity contribution in [3.63, 3.8) is 0 Å². The summed E-state index contributed by atoms with van der Waals surface area (Å²) in [5.41, 5.74) is 5.61. The highest BCUT2D eigenvalue weighted by atomic mass is 32.2. The standard InChI is InChI=1S/C12H15N3O3S/c1-19(17,18)14-6-7-15-11(13)8-9-4-2-3-5-10(9)12(15)16/h2-5,8,14H,6-7,13H2,1H3. The number of nitrogens with two attached hydrogens (primary N) is 1. The normalized spacial score (nSPS) is 11.8. The molecular weight excluding hydrogens is 266 g/mol. The van der Waals surface area contributed by atoms with Gasteiger partial charge in [0.2, 0.25) is 10.0 Å². The van der Waals surface area contributed by atoms with E-state index in [4.69, 9.17) is 5.73 Å². The van der Waals surface area contributed by atoms with Crippen LogP contribution in [-0.4, -0.2) is 25.8 Å². The molecule has 7 heteroatoms. The van der Waals surface area contributed by atoms with Crippen LogP contribution in [0.15, 0.2) is 35.1 Å². The largest absolute Gasteiger partial charge is 0.385 e. The highest BCUT2D eigenvalue weighted by molar-refractivity contribution is 7.88. The molecule has 102 valence electrons. The second kappa shape index (κ2) is 5.02. The van der Waals surface area contributed by atoms with Gasteiger partial charge in [-0.15, -0.1) is 0 Å². The topological polar surface area (TPSA) is 94.2 Å². The highest BCUT2D eigenvalue weighted by Gasteiger charge is 2.07. The van der Waals surface area contributed by atoms with Crippen molar-refractivity contribution in [3.8, 4) is 0 Å². The van der Waals surface area contributed by atoms with Gasteiger partial charge in [-0.25, -0.2) is 13.1 Å². The van der Waals surface area contributed by atoms with Crippen LogP contribution in [0, 0.1) is 0 Å². The molecule has 0 atom stereocenters. The van der Waals surface area contributed by atoms with E-state index >= 15 is 0 Å². The van der Waals surface area contributed by atoms with E-state index in [0.29, 0.717) is 11.2 Å². The van der Waals surface area contributed by atoms with E-state index in [-0.39, 0.29) is 18.6 Å². The number of nitrogens with zero attached hydrogens (tertiary/aromatic N) is 1. The monoisotopic (exact) mass is 281 g/mol. The minimum absolute atomic E-state index is 0.126. The molecule has 2 aromatic rings. The Balaban J connectivity index is 2.36. The molecule has 0 radical (unpaired) electrons. The van der Waals surface area contributed by atoms with Crippen molar-refractivity contribution in [1.29, 1.82) is 0 Å². The van der Waals surface area contributed by atoms with Gasteiger partial charge in [-0.05, 0) is 17.5 Å². The molecule has 0 unspecified atom stereocenters. The van der Waals surface area contributed by atoms with Crippen LogP contribution >= 0.6 is 0 Å². The van der Waals surface area contributed by atoms with Crippen molar-refractivity contribution < 1.29 is 8.42 Å². The van der Waals surface area contributed by atoms with E-state index < -0.39 is 10.0 Å². The second-order valence-corrected chi connectivity index (χ2v) is 6.11. The number of sulfonamides is 1. The molecule has 6 nitrogen and oxygen atoms in total. The molecule has 1 aromatic heterocycles. The number of fused-ring (bicyclic) bond motifs is 1. The van der Waals surface area contributed by atoms with Crippen molar-refractivity contribution in [1.82, 2.24) is 9.29 Å². The molecule has 0 saturated heterocycles. The van der Waals surface area contributed by atoms with Gasteiger partial charge in [0.15, 0.2) is 0 Å². The van der Waals surface area contributed by atoms with Gasteiger partial charge in [-0.2, -0.15) is 0 Å². The Morgan fingerprint density at radius 3 is 2.68 bits per heavy atom. The van der Waals surface area contributed by atoms with Crippen molar-refractivity contribution in [2.45, 2.75) is 6.54 Å². The number of rotatable bonds is 4. The molecule has 19 heavy (non-hydrogen) atoms. The quantitative estimate of drug-likeness (QED) is 0.833. The molecule has 3 N–H and O–H groups in total. The first-order chi connectivity index (χ1) is 8.88. The fourth-order valence-corrected chi connectivity index (χ4v) is 2.35. The minimum atomic E-state index is -3.27. The van der Waals surface area contributed by atoms with Crippen LogP contribution in [0.5, 0.6) is 0 Å². The summed E-state index contributed by atoms with van der Waals surface area (Å²) < 4.78 is 25.6. The van der Waals surface area contributed by atoms with Crippen molar-refractivity contribution in [2.75, 3.05) is 18.5 Å². The van der Waals surface area contributed by atoms with Crippen molar-refractivity contribution >= 4 is 26.6 Å². The fraction of sp³-hybridized carbons (Fsp3) is 0.250. The maximum atomic E-state index is 12.2. The van der Waals surface area contributed by atoms with E-state index in [0.717, 1.165) is 11.6 Å². The maximum absolute atomic E-state index is 12.2. The van der Waals surface area contributed by atoms with E-state index in [1.807, 2.05) is 12.1 Å². The van der Waals surface area contributed by atoms with E-state index in [1.54, 1.807) is 18.2 Å². The average Bonchev–Trinajstić information content (AvgIpc) is 2.32. The molecule has 0 bridgehead atoms. The number of benzene rings is 1. The summed E-state index contributed by atoms with van der Waals surface area (Å²) in [6, 6.07) is 8.84. The minimum Gasteiger partial charge on any atom is -0.385 e. The summed E-state index contributed by atoms with van der Waals surface area (Å²) in [4.78, 5) is 12.2. The summed E-state index contributed by atoms with van der Waals surface area (Å²) in [5.74, 6) is 0.319. The summed E-state index contributed by atoms with van der Waals surface area (Å²) in [5, 5.41) is 1.34. The zero-order valence-electron chi connectivity index (χ0n) is 10.5. The number of nitrogen functional groups attached to an aromatic ring is 1. The van der Waals surface area contributed by atoms with Crippen LogP contribution in [0.1, 0.15) is 0 Å². The third-order valence-electron chi connectivity index (χ3n) is 2.75.